The van der Waals surface area contributed by atoms with Gasteiger partial charge in [0.1, 0.15) is 5.75 Å². The minimum Gasteiger partial charge on any atom is -0.493 e. The minimum atomic E-state index is 0. The van der Waals surface area contributed by atoms with Gasteiger partial charge in [-0.15, -0.1) is 12.4 Å². The predicted octanol–water partition coefficient (Wildman–Crippen LogP) is 7.68. The first-order valence-electron chi connectivity index (χ1n) is 15.2. The minimum absolute atomic E-state index is 0. The van der Waals surface area contributed by atoms with Crippen molar-refractivity contribution < 1.29 is 4.74 Å². The second-order valence-electron chi connectivity index (χ2n) is 11.5. The number of unbranched alkanes of at least 4 members (excludes halogenated alkanes) is 4. The number of hydrogen-bond donors (Lipinski definition) is 1. The van der Waals surface area contributed by atoms with Gasteiger partial charge in [-0.2, -0.15) is 0 Å². The SMILES string of the molecule is CCCCCCCN1CC[C@@H](CCCc2ccnc3ccc(OCC4CCCNC4)cc23)[C@@H](CC)C1.Cl. The van der Waals surface area contributed by atoms with Crippen LogP contribution in [-0.4, -0.2) is 49.2 Å². The molecule has 0 aliphatic carbocycles. The van der Waals surface area contributed by atoms with Crippen LogP contribution in [0, 0.1) is 17.8 Å². The maximum atomic E-state index is 6.22. The largest absolute Gasteiger partial charge is 0.493 e. The Morgan fingerprint density at radius 1 is 1.03 bits per heavy atom. The lowest BCUT2D eigenvalue weighted by atomic mass is 9.80. The number of pyridine rings is 1. The summed E-state index contributed by atoms with van der Waals surface area (Å²) in [5.41, 5.74) is 2.53. The first-order chi connectivity index (χ1) is 17.8. The molecule has 4 nitrogen and oxygen atoms in total. The van der Waals surface area contributed by atoms with E-state index in [1.54, 1.807) is 0 Å². The van der Waals surface area contributed by atoms with Crippen molar-refractivity contribution in [1.82, 2.24) is 15.2 Å². The third-order valence-electron chi connectivity index (χ3n) is 8.79. The Morgan fingerprint density at radius 2 is 1.92 bits per heavy atom. The van der Waals surface area contributed by atoms with Gasteiger partial charge in [-0.05, 0) is 106 Å². The molecule has 2 fully saturated rings. The molecule has 3 heterocycles. The molecule has 1 aromatic heterocycles. The van der Waals surface area contributed by atoms with Crippen molar-refractivity contribution in [2.45, 2.75) is 90.9 Å². The lowest BCUT2D eigenvalue weighted by molar-refractivity contribution is 0.108. The van der Waals surface area contributed by atoms with Crippen LogP contribution in [0.3, 0.4) is 0 Å². The molecule has 2 saturated heterocycles. The van der Waals surface area contributed by atoms with E-state index < -0.39 is 0 Å². The Bertz CT molecular complexity index is 901. The molecule has 208 valence electrons. The second-order valence-corrected chi connectivity index (χ2v) is 11.5. The van der Waals surface area contributed by atoms with Crippen molar-refractivity contribution in [1.29, 1.82) is 0 Å². The third kappa shape index (κ3) is 9.41. The quantitative estimate of drug-likeness (QED) is 0.255. The number of halogens is 1. The van der Waals surface area contributed by atoms with E-state index in [-0.39, 0.29) is 12.4 Å². The molecular weight excluding hydrogens is 478 g/mol. The number of rotatable bonds is 14. The molecule has 2 aromatic rings. The molecule has 2 aliphatic rings. The zero-order valence-corrected chi connectivity index (χ0v) is 24.4. The Hall–Kier alpha value is -1.36. The molecule has 3 atom stereocenters. The highest BCUT2D eigenvalue weighted by atomic mass is 35.5. The second kappa shape index (κ2) is 16.6. The molecule has 2 aliphatic heterocycles. The van der Waals surface area contributed by atoms with Crippen LogP contribution in [0.4, 0.5) is 0 Å². The van der Waals surface area contributed by atoms with Gasteiger partial charge < -0.3 is 15.0 Å². The zero-order valence-electron chi connectivity index (χ0n) is 23.6. The standard InChI is InChI=1S/C32H51N3O.ClH/c1-3-5-6-7-8-20-35-21-17-28(27(4-2)24-35)12-9-13-29-16-19-34-32-15-14-30(22-31(29)32)36-25-26-11-10-18-33-23-26;/h14-16,19,22,26-28,33H,3-13,17-18,20-21,23-25H2,1-2H3;1H/t26?,27-,28+;/m0./s1. The lowest BCUT2D eigenvalue weighted by Gasteiger charge is -2.38. The predicted molar refractivity (Wildman–Crippen MR) is 160 cm³/mol. The van der Waals surface area contributed by atoms with Crippen LogP contribution in [0.5, 0.6) is 5.75 Å². The number of nitrogens with one attached hydrogen (secondary N) is 1. The summed E-state index contributed by atoms with van der Waals surface area (Å²) in [6.07, 6.45) is 18.0. The van der Waals surface area contributed by atoms with Gasteiger partial charge in [0.25, 0.3) is 0 Å². The number of piperidine rings is 2. The van der Waals surface area contributed by atoms with Crippen molar-refractivity contribution in [3.05, 3.63) is 36.0 Å². The molecule has 0 radical (unpaired) electrons. The molecule has 1 aromatic carbocycles. The number of likely N-dealkylation sites (tertiary alicyclic amines) is 1. The number of aromatic nitrogens is 1. The van der Waals surface area contributed by atoms with Crippen LogP contribution < -0.4 is 10.1 Å². The number of benzene rings is 1. The first kappa shape index (κ1) is 30.2. The van der Waals surface area contributed by atoms with Gasteiger partial charge in [0.2, 0.25) is 0 Å². The van der Waals surface area contributed by atoms with E-state index in [1.807, 2.05) is 6.20 Å². The molecule has 0 amide bonds. The molecule has 1 N–H and O–H groups in total. The zero-order chi connectivity index (χ0) is 25.0. The smallest absolute Gasteiger partial charge is 0.120 e. The van der Waals surface area contributed by atoms with E-state index in [0.717, 1.165) is 49.2 Å². The Kier molecular flexibility index (Phi) is 13.5. The van der Waals surface area contributed by atoms with Gasteiger partial charge in [0, 0.05) is 30.6 Å². The van der Waals surface area contributed by atoms with E-state index in [0.29, 0.717) is 5.92 Å². The molecular formula is C32H52ClN3O. The summed E-state index contributed by atoms with van der Waals surface area (Å²) in [6.45, 7) is 11.7. The highest BCUT2D eigenvalue weighted by Gasteiger charge is 2.27. The van der Waals surface area contributed by atoms with E-state index in [4.69, 9.17) is 4.74 Å². The van der Waals surface area contributed by atoms with Gasteiger partial charge in [-0.3, -0.25) is 4.98 Å². The summed E-state index contributed by atoms with van der Waals surface area (Å²) in [6, 6.07) is 8.70. The Balaban J connectivity index is 0.00000380. The van der Waals surface area contributed by atoms with Crippen molar-refractivity contribution in [3.8, 4) is 5.75 Å². The average molecular weight is 530 g/mol. The Labute approximate surface area is 232 Å². The van der Waals surface area contributed by atoms with E-state index in [9.17, 15) is 0 Å². The van der Waals surface area contributed by atoms with Gasteiger partial charge in [-0.1, -0.05) is 46.0 Å². The summed E-state index contributed by atoms with van der Waals surface area (Å²) in [7, 11) is 0. The summed E-state index contributed by atoms with van der Waals surface area (Å²) in [5, 5.41) is 4.77. The van der Waals surface area contributed by atoms with E-state index in [1.165, 1.54) is 101 Å². The maximum Gasteiger partial charge on any atom is 0.120 e. The fourth-order valence-corrected chi connectivity index (χ4v) is 6.47. The van der Waals surface area contributed by atoms with Crippen LogP contribution in [0.25, 0.3) is 10.9 Å². The topological polar surface area (TPSA) is 37.4 Å². The van der Waals surface area contributed by atoms with Crippen molar-refractivity contribution >= 4 is 23.3 Å². The summed E-state index contributed by atoms with van der Waals surface area (Å²) < 4.78 is 6.22. The normalized spacial score (nSPS) is 22.6. The Morgan fingerprint density at radius 3 is 2.73 bits per heavy atom. The number of nitrogens with zero attached hydrogens (tertiary/aromatic N) is 2. The summed E-state index contributed by atoms with van der Waals surface area (Å²) in [5.74, 6) is 3.39. The maximum absolute atomic E-state index is 6.22. The van der Waals surface area contributed by atoms with Crippen molar-refractivity contribution in [3.63, 3.8) is 0 Å². The fraction of sp³-hybridized carbons (Fsp3) is 0.719. The summed E-state index contributed by atoms with van der Waals surface area (Å²) >= 11 is 0. The lowest BCUT2D eigenvalue weighted by Crippen LogP contribution is -2.40. The van der Waals surface area contributed by atoms with E-state index >= 15 is 0 Å². The van der Waals surface area contributed by atoms with Crippen LogP contribution in [0.1, 0.15) is 90.0 Å². The van der Waals surface area contributed by atoms with Gasteiger partial charge in [0.15, 0.2) is 0 Å². The highest BCUT2D eigenvalue weighted by molar-refractivity contribution is 5.85. The molecule has 5 heteroatoms. The molecule has 0 saturated carbocycles. The third-order valence-corrected chi connectivity index (χ3v) is 8.79. The van der Waals surface area contributed by atoms with E-state index in [2.05, 4.69) is 53.3 Å². The van der Waals surface area contributed by atoms with Crippen LogP contribution in [0.15, 0.2) is 30.5 Å². The van der Waals surface area contributed by atoms with Crippen LogP contribution in [-0.2, 0) is 6.42 Å². The summed E-state index contributed by atoms with van der Waals surface area (Å²) in [4.78, 5) is 7.40. The number of fused-ring (bicyclic) bond motifs is 1. The molecule has 4 rings (SSSR count). The van der Waals surface area contributed by atoms with Crippen molar-refractivity contribution in [2.75, 3.05) is 39.3 Å². The van der Waals surface area contributed by atoms with Gasteiger partial charge in [0.05, 0.1) is 12.1 Å². The molecule has 0 spiro atoms. The average Bonchev–Trinajstić information content (AvgIpc) is 2.93. The highest BCUT2D eigenvalue weighted by Crippen LogP contribution is 2.31. The number of hydrogen-bond acceptors (Lipinski definition) is 4. The monoisotopic (exact) mass is 529 g/mol. The molecule has 0 bridgehead atoms. The van der Waals surface area contributed by atoms with Gasteiger partial charge >= 0.3 is 0 Å². The van der Waals surface area contributed by atoms with Crippen molar-refractivity contribution in [2.24, 2.45) is 17.8 Å². The van der Waals surface area contributed by atoms with Crippen LogP contribution >= 0.6 is 12.4 Å². The first-order valence-corrected chi connectivity index (χ1v) is 15.2. The van der Waals surface area contributed by atoms with Crippen LogP contribution in [0.2, 0.25) is 0 Å². The molecule has 1 unspecified atom stereocenters. The molecule has 37 heavy (non-hydrogen) atoms. The number of aryl methyl sites for hydroxylation is 1. The van der Waals surface area contributed by atoms with Gasteiger partial charge in [-0.25, -0.2) is 0 Å². The number of ether oxygens (including phenoxy) is 1. The fourth-order valence-electron chi connectivity index (χ4n) is 6.47.